The van der Waals surface area contributed by atoms with Gasteiger partial charge in [0.1, 0.15) is 12.7 Å². The molecule has 1 atom stereocenters. The van der Waals surface area contributed by atoms with Gasteiger partial charge in [-0.3, -0.25) is 0 Å². The number of aliphatic carboxylic acids is 1. The lowest BCUT2D eigenvalue weighted by molar-refractivity contribution is -0.143. The summed E-state index contributed by atoms with van der Waals surface area (Å²) >= 11 is 3.41. The summed E-state index contributed by atoms with van der Waals surface area (Å²) in [6.07, 6.45) is -0.804. The molecule has 0 radical (unpaired) electrons. The Morgan fingerprint density at radius 2 is 2.06 bits per heavy atom. The second-order valence-electron chi connectivity index (χ2n) is 3.88. The van der Waals surface area contributed by atoms with E-state index in [1.165, 1.54) is 0 Å². The van der Waals surface area contributed by atoms with Crippen molar-refractivity contribution in [2.24, 2.45) is 0 Å². The van der Waals surface area contributed by atoms with Crippen LogP contribution < -0.4 is 0 Å². The van der Waals surface area contributed by atoms with Crippen molar-refractivity contribution < 1.29 is 19.7 Å². The number of carboxylic acid groups (broad SMARTS) is 1. The third kappa shape index (κ3) is 4.11. The van der Waals surface area contributed by atoms with Crippen molar-refractivity contribution in [1.82, 2.24) is 0 Å². The third-order valence-electron chi connectivity index (χ3n) is 2.41. The molecule has 2 N–H and O–H groups in total. The molecule has 0 bridgehead atoms. The van der Waals surface area contributed by atoms with E-state index in [0.29, 0.717) is 0 Å². The SMILES string of the molecule is Cc1cc(C(O)COCC(=O)O)c(C)cc1Br. The lowest BCUT2D eigenvalue weighted by Gasteiger charge is -2.15. The number of hydrogen-bond acceptors (Lipinski definition) is 3. The molecule has 0 heterocycles. The summed E-state index contributed by atoms with van der Waals surface area (Å²) in [6, 6.07) is 3.79. The predicted octanol–water partition coefficient (Wildman–Crippen LogP) is 2.20. The van der Waals surface area contributed by atoms with Gasteiger partial charge < -0.3 is 14.9 Å². The summed E-state index contributed by atoms with van der Waals surface area (Å²) < 4.78 is 5.86. The number of carbonyl (C=O) groups is 1. The summed E-state index contributed by atoms with van der Waals surface area (Å²) in [5.41, 5.74) is 2.72. The minimum absolute atomic E-state index is 0.0196. The Morgan fingerprint density at radius 3 is 2.65 bits per heavy atom. The van der Waals surface area contributed by atoms with E-state index in [0.717, 1.165) is 21.2 Å². The Bertz CT molecular complexity index is 417. The molecule has 0 aliphatic rings. The quantitative estimate of drug-likeness (QED) is 0.875. The zero-order valence-corrected chi connectivity index (χ0v) is 11.3. The van der Waals surface area contributed by atoms with E-state index in [4.69, 9.17) is 9.84 Å². The van der Waals surface area contributed by atoms with Crippen LogP contribution in [-0.4, -0.2) is 29.4 Å². The minimum atomic E-state index is -1.04. The average Bonchev–Trinajstić information content (AvgIpc) is 2.22. The molecule has 0 aromatic heterocycles. The van der Waals surface area contributed by atoms with Crippen molar-refractivity contribution in [3.8, 4) is 0 Å². The molecular formula is C12H15BrO4. The van der Waals surface area contributed by atoms with E-state index >= 15 is 0 Å². The molecule has 1 aromatic rings. The largest absolute Gasteiger partial charge is 0.480 e. The van der Waals surface area contributed by atoms with Gasteiger partial charge in [-0.05, 0) is 36.6 Å². The number of carboxylic acids is 1. The first-order chi connectivity index (χ1) is 7.91. The molecule has 0 spiro atoms. The Balaban J connectivity index is 2.71. The number of ether oxygens (including phenoxy) is 1. The number of rotatable bonds is 5. The van der Waals surface area contributed by atoms with E-state index in [1.807, 2.05) is 26.0 Å². The standard InChI is InChI=1S/C12H15BrO4/c1-7-4-10(13)8(2)3-9(7)11(14)5-17-6-12(15)16/h3-4,11,14H,5-6H2,1-2H3,(H,15,16). The maximum Gasteiger partial charge on any atom is 0.329 e. The first-order valence-corrected chi connectivity index (χ1v) is 5.95. The molecule has 94 valence electrons. The topological polar surface area (TPSA) is 66.8 Å². The van der Waals surface area contributed by atoms with Gasteiger partial charge in [0.15, 0.2) is 0 Å². The number of halogens is 1. The molecule has 0 amide bonds. The van der Waals surface area contributed by atoms with Crippen LogP contribution in [0.15, 0.2) is 16.6 Å². The maximum absolute atomic E-state index is 10.3. The van der Waals surface area contributed by atoms with Gasteiger partial charge >= 0.3 is 5.97 Å². The normalized spacial score (nSPS) is 12.5. The monoisotopic (exact) mass is 302 g/mol. The fourth-order valence-electron chi connectivity index (χ4n) is 1.51. The van der Waals surface area contributed by atoms with Crippen LogP contribution in [-0.2, 0) is 9.53 Å². The van der Waals surface area contributed by atoms with E-state index in [9.17, 15) is 9.90 Å². The molecule has 4 nitrogen and oxygen atoms in total. The highest BCUT2D eigenvalue weighted by molar-refractivity contribution is 9.10. The van der Waals surface area contributed by atoms with Crippen molar-refractivity contribution in [3.63, 3.8) is 0 Å². The van der Waals surface area contributed by atoms with Gasteiger partial charge in [-0.15, -0.1) is 0 Å². The molecule has 0 aliphatic heterocycles. The van der Waals surface area contributed by atoms with Crippen LogP contribution in [0.4, 0.5) is 0 Å². The van der Waals surface area contributed by atoms with Crippen LogP contribution in [0.5, 0.6) is 0 Å². The highest BCUT2D eigenvalue weighted by Crippen LogP contribution is 2.25. The third-order valence-corrected chi connectivity index (χ3v) is 3.26. The summed E-state index contributed by atoms with van der Waals surface area (Å²) in [4.78, 5) is 10.3. The van der Waals surface area contributed by atoms with Crippen LogP contribution in [0.3, 0.4) is 0 Å². The van der Waals surface area contributed by atoms with Crippen LogP contribution >= 0.6 is 15.9 Å². The van der Waals surface area contributed by atoms with E-state index in [1.54, 1.807) is 0 Å². The predicted molar refractivity (Wildman–Crippen MR) is 67.0 cm³/mol. The summed E-state index contributed by atoms with van der Waals surface area (Å²) in [7, 11) is 0. The summed E-state index contributed by atoms with van der Waals surface area (Å²) in [5, 5.41) is 18.3. The van der Waals surface area contributed by atoms with E-state index < -0.39 is 18.7 Å². The van der Waals surface area contributed by atoms with Gasteiger partial charge in [0.05, 0.1) is 6.61 Å². The lowest BCUT2D eigenvalue weighted by Crippen LogP contribution is -2.14. The molecule has 1 unspecified atom stereocenters. The fourth-order valence-corrected chi connectivity index (χ4v) is 1.97. The number of aryl methyl sites for hydroxylation is 2. The zero-order valence-electron chi connectivity index (χ0n) is 9.74. The molecular weight excluding hydrogens is 288 g/mol. The molecule has 1 rings (SSSR count). The van der Waals surface area contributed by atoms with Crippen molar-refractivity contribution in [2.75, 3.05) is 13.2 Å². The van der Waals surface area contributed by atoms with Crippen molar-refractivity contribution >= 4 is 21.9 Å². The lowest BCUT2D eigenvalue weighted by atomic mass is 10.0. The maximum atomic E-state index is 10.3. The average molecular weight is 303 g/mol. The highest BCUT2D eigenvalue weighted by Gasteiger charge is 2.13. The number of aliphatic hydroxyl groups is 1. The van der Waals surface area contributed by atoms with Crippen molar-refractivity contribution in [3.05, 3.63) is 33.3 Å². The van der Waals surface area contributed by atoms with Gasteiger partial charge in [-0.2, -0.15) is 0 Å². The zero-order chi connectivity index (χ0) is 13.0. The van der Waals surface area contributed by atoms with Gasteiger partial charge in [0, 0.05) is 4.47 Å². The molecule has 0 aliphatic carbocycles. The molecule has 0 saturated carbocycles. The van der Waals surface area contributed by atoms with Crippen LogP contribution in [0.1, 0.15) is 22.8 Å². The van der Waals surface area contributed by atoms with E-state index in [2.05, 4.69) is 15.9 Å². The Labute approximate surface area is 108 Å². The van der Waals surface area contributed by atoms with Crippen molar-refractivity contribution in [1.29, 1.82) is 0 Å². The molecule has 0 fully saturated rings. The van der Waals surface area contributed by atoms with Crippen LogP contribution in [0.25, 0.3) is 0 Å². The van der Waals surface area contributed by atoms with Crippen LogP contribution in [0, 0.1) is 13.8 Å². The number of aliphatic hydroxyl groups excluding tert-OH is 1. The second kappa shape index (κ2) is 6.14. The first kappa shape index (κ1) is 14.2. The Hall–Kier alpha value is -0.910. The summed E-state index contributed by atoms with van der Waals surface area (Å²) in [6.45, 7) is 3.40. The Kier molecular flexibility index (Phi) is 5.11. The van der Waals surface area contributed by atoms with Gasteiger partial charge in [-0.25, -0.2) is 4.79 Å². The molecule has 1 aromatic carbocycles. The van der Waals surface area contributed by atoms with Crippen LogP contribution in [0.2, 0.25) is 0 Å². The molecule has 17 heavy (non-hydrogen) atoms. The van der Waals surface area contributed by atoms with Crippen molar-refractivity contribution in [2.45, 2.75) is 20.0 Å². The van der Waals surface area contributed by atoms with E-state index in [-0.39, 0.29) is 6.61 Å². The second-order valence-corrected chi connectivity index (χ2v) is 4.74. The minimum Gasteiger partial charge on any atom is -0.480 e. The van der Waals surface area contributed by atoms with Gasteiger partial charge in [0.2, 0.25) is 0 Å². The molecule has 0 saturated heterocycles. The Morgan fingerprint density at radius 1 is 1.41 bits per heavy atom. The number of benzene rings is 1. The van der Waals surface area contributed by atoms with Gasteiger partial charge in [0.25, 0.3) is 0 Å². The highest BCUT2D eigenvalue weighted by atomic mass is 79.9. The first-order valence-electron chi connectivity index (χ1n) is 5.16. The smallest absolute Gasteiger partial charge is 0.329 e. The fraction of sp³-hybridized carbons (Fsp3) is 0.417. The van der Waals surface area contributed by atoms with Gasteiger partial charge in [-0.1, -0.05) is 22.0 Å². The number of hydrogen-bond donors (Lipinski definition) is 2. The summed E-state index contributed by atoms with van der Waals surface area (Å²) in [5.74, 6) is -1.04. The molecule has 5 heteroatoms.